The highest BCUT2D eigenvalue weighted by molar-refractivity contribution is 5.44. The molecule has 0 amide bonds. The molecule has 5 nitrogen and oxygen atoms in total. The van der Waals surface area contributed by atoms with E-state index in [1.807, 2.05) is 25.1 Å². The van der Waals surface area contributed by atoms with Crippen LogP contribution in [-0.2, 0) is 0 Å². The van der Waals surface area contributed by atoms with Crippen LogP contribution >= 0.6 is 0 Å². The second kappa shape index (κ2) is 4.57. The van der Waals surface area contributed by atoms with Crippen molar-refractivity contribution in [1.29, 1.82) is 0 Å². The summed E-state index contributed by atoms with van der Waals surface area (Å²) in [6.07, 6.45) is 3.20. The average Bonchev–Trinajstić information content (AvgIpc) is 2.30. The first-order valence-electron chi connectivity index (χ1n) is 5.00. The van der Waals surface area contributed by atoms with Crippen molar-refractivity contribution in [2.75, 3.05) is 11.1 Å². The molecule has 5 heteroatoms. The molecule has 0 saturated heterocycles. The van der Waals surface area contributed by atoms with Crippen LogP contribution in [0.2, 0.25) is 0 Å². The maximum absolute atomic E-state index is 5.57. The van der Waals surface area contributed by atoms with Crippen molar-refractivity contribution < 1.29 is 0 Å². The number of hydrogen-bond acceptors (Lipinski definition) is 5. The Morgan fingerprint density at radius 1 is 1.25 bits per heavy atom. The van der Waals surface area contributed by atoms with Crippen molar-refractivity contribution in [2.45, 2.75) is 13.0 Å². The molecule has 0 radical (unpaired) electrons. The summed E-state index contributed by atoms with van der Waals surface area (Å²) < 4.78 is 0. The predicted octanol–water partition coefficient (Wildman–Crippen LogP) is 1.63. The molecule has 0 aliphatic carbocycles. The average molecular weight is 215 g/mol. The lowest BCUT2D eigenvalue weighted by Gasteiger charge is -2.13. The van der Waals surface area contributed by atoms with Gasteiger partial charge in [0.1, 0.15) is 18.0 Å². The molecule has 3 N–H and O–H groups in total. The van der Waals surface area contributed by atoms with E-state index in [9.17, 15) is 0 Å². The van der Waals surface area contributed by atoms with Crippen LogP contribution in [0.15, 0.2) is 36.8 Å². The SMILES string of the molecule is CC(Nc1cc(N)ncn1)c1ccccn1. The van der Waals surface area contributed by atoms with E-state index >= 15 is 0 Å². The maximum atomic E-state index is 5.57. The van der Waals surface area contributed by atoms with Crippen molar-refractivity contribution in [3.63, 3.8) is 0 Å². The second-order valence-corrected chi connectivity index (χ2v) is 3.45. The van der Waals surface area contributed by atoms with E-state index in [2.05, 4.69) is 20.3 Å². The van der Waals surface area contributed by atoms with Crippen LogP contribution in [0, 0.1) is 0 Å². The molecule has 2 aromatic rings. The van der Waals surface area contributed by atoms with Crippen molar-refractivity contribution in [2.24, 2.45) is 0 Å². The summed E-state index contributed by atoms with van der Waals surface area (Å²) in [5, 5.41) is 3.21. The molecular weight excluding hydrogens is 202 g/mol. The van der Waals surface area contributed by atoms with Gasteiger partial charge in [0.05, 0.1) is 11.7 Å². The summed E-state index contributed by atoms with van der Waals surface area (Å²) in [5.41, 5.74) is 6.52. The number of pyridine rings is 1. The van der Waals surface area contributed by atoms with Crippen molar-refractivity contribution >= 4 is 11.6 Å². The number of anilines is 2. The zero-order chi connectivity index (χ0) is 11.4. The standard InChI is InChI=1S/C11H13N5/c1-8(9-4-2-3-5-13-9)16-11-6-10(12)14-7-15-11/h2-8H,1H3,(H3,12,14,15,16). The summed E-state index contributed by atoms with van der Waals surface area (Å²) >= 11 is 0. The molecule has 0 saturated carbocycles. The first-order valence-corrected chi connectivity index (χ1v) is 5.00. The van der Waals surface area contributed by atoms with Gasteiger partial charge in [-0.1, -0.05) is 6.07 Å². The molecule has 2 rings (SSSR count). The molecule has 1 atom stereocenters. The summed E-state index contributed by atoms with van der Waals surface area (Å²) in [6.45, 7) is 2.01. The molecule has 0 aliphatic heterocycles. The van der Waals surface area contributed by atoms with E-state index in [4.69, 9.17) is 5.73 Å². The Bertz CT molecular complexity index is 457. The largest absolute Gasteiger partial charge is 0.384 e. The van der Waals surface area contributed by atoms with Crippen LogP contribution in [0.3, 0.4) is 0 Å². The zero-order valence-corrected chi connectivity index (χ0v) is 8.96. The van der Waals surface area contributed by atoms with Gasteiger partial charge in [-0.25, -0.2) is 9.97 Å². The number of nitrogens with two attached hydrogens (primary N) is 1. The first-order chi connectivity index (χ1) is 7.75. The minimum atomic E-state index is 0.0792. The molecule has 16 heavy (non-hydrogen) atoms. The number of rotatable bonds is 3. The van der Waals surface area contributed by atoms with Crippen LogP contribution in [0.4, 0.5) is 11.6 Å². The summed E-state index contributed by atoms with van der Waals surface area (Å²) in [7, 11) is 0. The molecule has 0 spiro atoms. The van der Waals surface area contributed by atoms with Gasteiger partial charge in [0.25, 0.3) is 0 Å². The third kappa shape index (κ3) is 2.44. The highest BCUT2D eigenvalue weighted by Crippen LogP contribution is 2.15. The fraction of sp³-hybridized carbons (Fsp3) is 0.182. The van der Waals surface area contributed by atoms with Crippen LogP contribution in [-0.4, -0.2) is 15.0 Å². The smallest absolute Gasteiger partial charge is 0.131 e. The lowest BCUT2D eigenvalue weighted by atomic mass is 10.2. The van der Waals surface area contributed by atoms with Crippen molar-refractivity contribution in [1.82, 2.24) is 15.0 Å². The number of aromatic nitrogens is 3. The summed E-state index contributed by atoms with van der Waals surface area (Å²) in [5.74, 6) is 1.15. The van der Waals surface area contributed by atoms with Gasteiger partial charge in [-0.15, -0.1) is 0 Å². The molecular formula is C11H13N5. The Hall–Kier alpha value is -2.17. The minimum absolute atomic E-state index is 0.0792. The van der Waals surface area contributed by atoms with E-state index in [1.165, 1.54) is 6.33 Å². The first kappa shape index (κ1) is 10.4. The Labute approximate surface area is 93.8 Å². The lowest BCUT2D eigenvalue weighted by molar-refractivity contribution is 0.830. The highest BCUT2D eigenvalue weighted by Gasteiger charge is 2.06. The van der Waals surface area contributed by atoms with Gasteiger partial charge in [0.2, 0.25) is 0 Å². The van der Waals surface area contributed by atoms with Gasteiger partial charge in [-0.3, -0.25) is 4.98 Å². The normalized spacial score (nSPS) is 12.1. The Kier molecular flexibility index (Phi) is 2.95. The van der Waals surface area contributed by atoms with Crippen molar-refractivity contribution in [3.05, 3.63) is 42.5 Å². The third-order valence-electron chi connectivity index (χ3n) is 2.18. The van der Waals surface area contributed by atoms with Gasteiger partial charge < -0.3 is 11.1 Å². The van der Waals surface area contributed by atoms with Crippen LogP contribution in [0.1, 0.15) is 18.7 Å². The van der Waals surface area contributed by atoms with Gasteiger partial charge in [0, 0.05) is 12.3 Å². The van der Waals surface area contributed by atoms with Gasteiger partial charge >= 0.3 is 0 Å². The molecule has 0 aliphatic rings. The van der Waals surface area contributed by atoms with Gasteiger partial charge in [-0.05, 0) is 19.1 Å². The Morgan fingerprint density at radius 2 is 2.12 bits per heavy atom. The molecule has 82 valence electrons. The van der Waals surface area contributed by atoms with E-state index in [0.717, 1.165) is 5.69 Å². The summed E-state index contributed by atoms with van der Waals surface area (Å²) in [4.78, 5) is 12.2. The predicted molar refractivity (Wildman–Crippen MR) is 62.7 cm³/mol. The quantitative estimate of drug-likeness (QED) is 0.813. The summed E-state index contributed by atoms with van der Waals surface area (Å²) in [6, 6.07) is 7.57. The topological polar surface area (TPSA) is 76.7 Å². The molecule has 2 heterocycles. The van der Waals surface area contributed by atoms with Crippen LogP contribution < -0.4 is 11.1 Å². The number of nitrogen functional groups attached to an aromatic ring is 1. The van der Waals surface area contributed by atoms with Crippen LogP contribution in [0.25, 0.3) is 0 Å². The number of nitrogens with one attached hydrogen (secondary N) is 1. The molecule has 1 unspecified atom stereocenters. The van der Waals surface area contributed by atoms with Gasteiger partial charge in [0.15, 0.2) is 0 Å². The fourth-order valence-electron chi connectivity index (χ4n) is 1.38. The zero-order valence-electron chi connectivity index (χ0n) is 8.96. The Balaban J connectivity index is 2.11. The number of hydrogen-bond donors (Lipinski definition) is 2. The van der Waals surface area contributed by atoms with Crippen molar-refractivity contribution in [3.8, 4) is 0 Å². The molecule has 0 fully saturated rings. The van der Waals surface area contributed by atoms with E-state index in [0.29, 0.717) is 11.6 Å². The lowest BCUT2D eigenvalue weighted by Crippen LogP contribution is -2.09. The second-order valence-electron chi connectivity index (χ2n) is 3.45. The highest BCUT2D eigenvalue weighted by atomic mass is 15.1. The fourth-order valence-corrected chi connectivity index (χ4v) is 1.38. The van der Waals surface area contributed by atoms with E-state index in [1.54, 1.807) is 12.3 Å². The molecule has 2 aromatic heterocycles. The van der Waals surface area contributed by atoms with Crippen LogP contribution in [0.5, 0.6) is 0 Å². The monoisotopic (exact) mass is 215 g/mol. The third-order valence-corrected chi connectivity index (χ3v) is 2.18. The number of nitrogens with zero attached hydrogens (tertiary/aromatic N) is 3. The molecule has 0 aromatic carbocycles. The maximum Gasteiger partial charge on any atom is 0.131 e. The van der Waals surface area contributed by atoms with E-state index in [-0.39, 0.29) is 6.04 Å². The van der Waals surface area contributed by atoms with Gasteiger partial charge in [-0.2, -0.15) is 0 Å². The van der Waals surface area contributed by atoms with E-state index < -0.39 is 0 Å². The Morgan fingerprint density at radius 3 is 2.81 bits per heavy atom. The molecule has 0 bridgehead atoms. The minimum Gasteiger partial charge on any atom is -0.384 e.